The van der Waals surface area contributed by atoms with E-state index in [1.165, 1.54) is 11.3 Å². The topological polar surface area (TPSA) is 70.2 Å². The minimum Gasteiger partial charge on any atom is -0.369 e. The molecule has 1 amide bonds. The van der Waals surface area contributed by atoms with Gasteiger partial charge in [-0.2, -0.15) is 0 Å². The molecule has 3 heterocycles. The van der Waals surface area contributed by atoms with Gasteiger partial charge in [0, 0.05) is 37.4 Å². The number of nitrogens with zero attached hydrogens (tertiary/aromatic N) is 3. The lowest BCUT2D eigenvalue weighted by Gasteiger charge is -2.22. The fourth-order valence-corrected chi connectivity index (χ4v) is 3.50. The van der Waals surface area contributed by atoms with Gasteiger partial charge in [-0.15, -0.1) is 0 Å². The van der Waals surface area contributed by atoms with Gasteiger partial charge in [0.15, 0.2) is 0 Å². The first-order valence-electron chi connectivity index (χ1n) is 8.45. The van der Waals surface area contributed by atoms with Crippen LogP contribution in [0.25, 0.3) is 0 Å². The van der Waals surface area contributed by atoms with E-state index in [4.69, 9.17) is 0 Å². The number of anilines is 2. The van der Waals surface area contributed by atoms with Crippen LogP contribution in [0, 0.1) is 6.92 Å². The quantitative estimate of drug-likeness (QED) is 0.893. The first-order chi connectivity index (χ1) is 11.7. The van der Waals surface area contributed by atoms with Crippen molar-refractivity contribution in [2.45, 2.75) is 19.8 Å². The van der Waals surface area contributed by atoms with Crippen LogP contribution in [0.15, 0.2) is 24.3 Å². The van der Waals surface area contributed by atoms with Crippen molar-refractivity contribution in [1.29, 1.82) is 0 Å². The minimum atomic E-state index is -0.0988. The molecule has 0 radical (unpaired) electrons. The smallest absolute Gasteiger partial charge is 0.270 e. The molecule has 0 saturated carbocycles. The van der Waals surface area contributed by atoms with Gasteiger partial charge in [0.25, 0.3) is 5.91 Å². The highest BCUT2D eigenvalue weighted by molar-refractivity contribution is 5.95. The van der Waals surface area contributed by atoms with Gasteiger partial charge in [0.05, 0.1) is 0 Å². The fraction of sp³-hybridized carbons (Fsp3) is 0.389. The van der Waals surface area contributed by atoms with Crippen LogP contribution in [0.3, 0.4) is 0 Å². The molecule has 0 fully saturated rings. The third-order valence-corrected chi connectivity index (χ3v) is 4.65. The van der Waals surface area contributed by atoms with Crippen LogP contribution in [0.4, 0.5) is 11.5 Å². The lowest BCUT2D eigenvalue weighted by molar-refractivity contribution is 0.0940. The first-order valence-corrected chi connectivity index (χ1v) is 8.45. The molecule has 1 aromatic carbocycles. The lowest BCUT2D eigenvalue weighted by atomic mass is 10.1. The summed E-state index contributed by atoms with van der Waals surface area (Å²) < 4.78 is 0. The molecule has 0 saturated heterocycles. The van der Waals surface area contributed by atoms with Crippen molar-refractivity contribution in [1.82, 2.24) is 15.3 Å². The second-order valence-corrected chi connectivity index (χ2v) is 6.25. The normalized spacial score (nSPS) is 15.7. The van der Waals surface area contributed by atoms with Gasteiger partial charge in [-0.25, -0.2) is 9.97 Å². The minimum absolute atomic E-state index is 0.0988. The summed E-state index contributed by atoms with van der Waals surface area (Å²) in [6.07, 6.45) is 1.88. The number of benzene rings is 1. The molecule has 2 N–H and O–H groups in total. The Morgan fingerprint density at radius 2 is 2.12 bits per heavy atom. The monoisotopic (exact) mass is 323 g/mol. The number of nitrogens with one attached hydrogen (secondary N) is 2. The molecule has 0 unspecified atom stereocenters. The number of carbonyl (C=O) groups excluding carboxylic acids is 1. The Bertz CT molecular complexity index is 789. The van der Waals surface area contributed by atoms with E-state index >= 15 is 0 Å². The maximum atomic E-state index is 12.0. The Kier molecular flexibility index (Phi) is 3.80. The Morgan fingerprint density at radius 3 is 3.04 bits per heavy atom. The predicted octanol–water partition coefficient (Wildman–Crippen LogP) is 1.55. The fourth-order valence-electron chi connectivity index (χ4n) is 3.50. The van der Waals surface area contributed by atoms with Crippen LogP contribution in [-0.4, -0.2) is 42.1 Å². The highest BCUT2D eigenvalue weighted by Crippen LogP contribution is 2.27. The number of aryl methyl sites for hydroxylation is 1. The second kappa shape index (κ2) is 6.11. The molecule has 0 atom stereocenters. The molecule has 24 heavy (non-hydrogen) atoms. The van der Waals surface area contributed by atoms with Gasteiger partial charge in [-0.05, 0) is 31.4 Å². The van der Waals surface area contributed by atoms with Crippen molar-refractivity contribution in [3.05, 3.63) is 46.9 Å². The molecular weight excluding hydrogens is 302 g/mol. The van der Waals surface area contributed by atoms with Gasteiger partial charge in [-0.3, -0.25) is 4.79 Å². The van der Waals surface area contributed by atoms with Crippen LogP contribution in [-0.2, 0) is 12.8 Å². The summed E-state index contributed by atoms with van der Waals surface area (Å²) in [7, 11) is 0. The zero-order valence-electron chi connectivity index (χ0n) is 13.8. The van der Waals surface area contributed by atoms with Crippen molar-refractivity contribution in [3.8, 4) is 0 Å². The average Bonchev–Trinajstić information content (AvgIpc) is 2.99. The molecule has 2 aromatic rings. The van der Waals surface area contributed by atoms with Gasteiger partial charge in [0.2, 0.25) is 0 Å². The van der Waals surface area contributed by atoms with Crippen molar-refractivity contribution in [3.63, 3.8) is 0 Å². The Labute approximate surface area is 141 Å². The van der Waals surface area contributed by atoms with E-state index in [1.54, 1.807) is 0 Å². The van der Waals surface area contributed by atoms with E-state index in [1.807, 2.05) is 6.92 Å². The largest absolute Gasteiger partial charge is 0.369 e. The van der Waals surface area contributed by atoms with Crippen LogP contribution < -0.4 is 15.5 Å². The Balaban J connectivity index is 1.47. The van der Waals surface area contributed by atoms with E-state index in [2.05, 4.69) is 49.8 Å². The molecule has 0 bridgehead atoms. The average molecular weight is 323 g/mol. The molecule has 6 heteroatoms. The van der Waals surface area contributed by atoms with Crippen LogP contribution in [0.5, 0.6) is 0 Å². The SMILES string of the molecule is Cc1nc(NCCN2CCc3ccccc32)c2c(n1)C(=O)NCC2. The molecule has 1 aromatic heterocycles. The predicted molar refractivity (Wildman–Crippen MR) is 93.7 cm³/mol. The van der Waals surface area contributed by atoms with Crippen LogP contribution in [0.1, 0.15) is 27.4 Å². The summed E-state index contributed by atoms with van der Waals surface area (Å²) in [5.41, 5.74) is 4.21. The number of hydrogen-bond donors (Lipinski definition) is 2. The number of carbonyl (C=O) groups is 1. The van der Waals surface area contributed by atoms with Crippen molar-refractivity contribution >= 4 is 17.4 Å². The molecule has 124 valence electrons. The molecule has 2 aliphatic heterocycles. The number of para-hydroxylation sites is 1. The summed E-state index contributed by atoms with van der Waals surface area (Å²) in [5.74, 6) is 1.33. The highest BCUT2D eigenvalue weighted by Gasteiger charge is 2.23. The van der Waals surface area contributed by atoms with E-state index in [9.17, 15) is 4.79 Å². The van der Waals surface area contributed by atoms with Crippen LogP contribution >= 0.6 is 0 Å². The van der Waals surface area contributed by atoms with E-state index in [0.29, 0.717) is 18.1 Å². The summed E-state index contributed by atoms with van der Waals surface area (Å²) in [5, 5.41) is 6.26. The highest BCUT2D eigenvalue weighted by atomic mass is 16.1. The lowest BCUT2D eigenvalue weighted by Crippen LogP contribution is -2.34. The summed E-state index contributed by atoms with van der Waals surface area (Å²) in [4.78, 5) is 23.2. The molecule has 0 aliphatic carbocycles. The molecular formula is C18H21N5O. The zero-order chi connectivity index (χ0) is 16.5. The van der Waals surface area contributed by atoms with E-state index < -0.39 is 0 Å². The molecule has 2 aliphatic rings. The third-order valence-electron chi connectivity index (χ3n) is 4.65. The maximum absolute atomic E-state index is 12.0. The number of amides is 1. The summed E-state index contributed by atoms with van der Waals surface area (Å²) >= 11 is 0. The van der Waals surface area contributed by atoms with Crippen LogP contribution in [0.2, 0.25) is 0 Å². The van der Waals surface area contributed by atoms with Crippen molar-refractivity contribution in [2.24, 2.45) is 0 Å². The number of hydrogen-bond acceptors (Lipinski definition) is 5. The second-order valence-electron chi connectivity index (χ2n) is 6.25. The molecule has 0 spiro atoms. The first kappa shape index (κ1) is 14.9. The van der Waals surface area contributed by atoms with Gasteiger partial charge < -0.3 is 15.5 Å². The Morgan fingerprint density at radius 1 is 1.25 bits per heavy atom. The van der Waals surface area contributed by atoms with Crippen molar-refractivity contribution < 1.29 is 4.79 Å². The summed E-state index contributed by atoms with van der Waals surface area (Å²) in [6, 6.07) is 8.57. The maximum Gasteiger partial charge on any atom is 0.270 e. The third kappa shape index (κ3) is 2.68. The zero-order valence-corrected chi connectivity index (χ0v) is 13.8. The van der Waals surface area contributed by atoms with Gasteiger partial charge in [-0.1, -0.05) is 18.2 Å². The summed E-state index contributed by atoms with van der Waals surface area (Å²) in [6.45, 7) is 5.24. The number of fused-ring (bicyclic) bond motifs is 2. The Hall–Kier alpha value is -2.63. The van der Waals surface area contributed by atoms with Gasteiger partial charge >= 0.3 is 0 Å². The van der Waals surface area contributed by atoms with Gasteiger partial charge in [0.1, 0.15) is 17.3 Å². The molecule has 4 rings (SSSR count). The van der Waals surface area contributed by atoms with E-state index in [0.717, 1.165) is 43.9 Å². The van der Waals surface area contributed by atoms with E-state index in [-0.39, 0.29) is 5.91 Å². The number of rotatable bonds is 4. The van der Waals surface area contributed by atoms with Crippen molar-refractivity contribution in [2.75, 3.05) is 36.4 Å². The standard InChI is InChI=1S/C18H21N5O/c1-12-21-16-14(6-8-20-18(16)24)17(22-12)19-9-11-23-10-7-13-4-2-3-5-15(13)23/h2-5H,6-11H2,1H3,(H,20,24)(H,19,21,22). The number of aromatic nitrogens is 2. The molecule has 6 nitrogen and oxygen atoms in total.